The first kappa shape index (κ1) is 14.3. The molecule has 0 aromatic carbocycles. The number of hydrogen-bond donors (Lipinski definition) is 0. The second-order valence-corrected chi connectivity index (χ2v) is 5.93. The zero-order valence-corrected chi connectivity index (χ0v) is 12.5. The number of likely N-dealkylation sites (N-methyl/N-ethyl adjacent to an activating group) is 1. The van der Waals surface area contributed by atoms with Crippen LogP contribution in [-0.2, 0) is 9.59 Å². The van der Waals surface area contributed by atoms with Gasteiger partial charge in [-0.1, -0.05) is 0 Å². The van der Waals surface area contributed by atoms with Crippen molar-refractivity contribution >= 4 is 17.8 Å². The summed E-state index contributed by atoms with van der Waals surface area (Å²) in [6, 6.07) is 0.124. The highest BCUT2D eigenvalue weighted by molar-refractivity contribution is 6.38. The Bertz CT molecular complexity index is 455. The van der Waals surface area contributed by atoms with Gasteiger partial charge in [-0.25, -0.2) is 4.79 Å². The number of piperazine rings is 1. The van der Waals surface area contributed by atoms with Crippen molar-refractivity contribution in [3.63, 3.8) is 0 Å². The quantitative estimate of drug-likeness (QED) is 0.649. The maximum absolute atomic E-state index is 12.3. The van der Waals surface area contributed by atoms with E-state index < -0.39 is 11.8 Å². The van der Waals surface area contributed by atoms with E-state index in [0.29, 0.717) is 38.8 Å². The fraction of sp³-hybridized carbons (Fsp3) is 0.786. The van der Waals surface area contributed by atoms with Crippen molar-refractivity contribution in [3.05, 3.63) is 0 Å². The van der Waals surface area contributed by atoms with Crippen LogP contribution in [0, 0.1) is 0 Å². The van der Waals surface area contributed by atoms with E-state index in [1.165, 1.54) is 17.7 Å². The molecule has 0 radical (unpaired) electrons. The van der Waals surface area contributed by atoms with Gasteiger partial charge in [-0.2, -0.15) is 0 Å². The van der Waals surface area contributed by atoms with Crippen LogP contribution in [0.25, 0.3) is 0 Å². The van der Waals surface area contributed by atoms with Crippen LogP contribution in [0.5, 0.6) is 0 Å². The molecule has 0 N–H and O–H groups in total. The van der Waals surface area contributed by atoms with Crippen molar-refractivity contribution < 1.29 is 14.4 Å². The first-order valence-electron chi connectivity index (χ1n) is 7.75. The van der Waals surface area contributed by atoms with Crippen molar-refractivity contribution in [3.8, 4) is 0 Å². The van der Waals surface area contributed by atoms with E-state index in [1.807, 2.05) is 6.92 Å². The second kappa shape index (κ2) is 5.63. The van der Waals surface area contributed by atoms with Crippen LogP contribution < -0.4 is 0 Å². The minimum atomic E-state index is -0.683. The lowest BCUT2D eigenvalue weighted by atomic mass is 10.1. The molecule has 3 saturated heterocycles. The summed E-state index contributed by atoms with van der Waals surface area (Å²) >= 11 is 0. The third-order valence-electron chi connectivity index (χ3n) is 4.71. The number of nitrogens with zero attached hydrogens (tertiary/aromatic N) is 4. The summed E-state index contributed by atoms with van der Waals surface area (Å²) in [5, 5.41) is 0. The van der Waals surface area contributed by atoms with Gasteiger partial charge in [0.2, 0.25) is 0 Å². The average Bonchev–Trinajstić information content (AvgIpc) is 2.94. The minimum absolute atomic E-state index is 0.306. The van der Waals surface area contributed by atoms with Gasteiger partial charge < -0.3 is 9.80 Å². The topological polar surface area (TPSA) is 64.2 Å². The van der Waals surface area contributed by atoms with Gasteiger partial charge in [0.25, 0.3) is 0 Å². The number of rotatable bonds is 2. The SMILES string of the molecule is CCN1CCN(C(=O)N2CC(N3CCCC3)C2)C(=O)C1=O. The van der Waals surface area contributed by atoms with Crippen molar-refractivity contribution in [2.45, 2.75) is 25.8 Å². The second-order valence-electron chi connectivity index (χ2n) is 5.93. The molecule has 0 bridgehead atoms. The van der Waals surface area contributed by atoms with E-state index in [1.54, 1.807) is 4.90 Å². The third-order valence-corrected chi connectivity index (χ3v) is 4.71. The molecule has 4 amide bonds. The lowest BCUT2D eigenvalue weighted by molar-refractivity contribution is -0.154. The highest BCUT2D eigenvalue weighted by atomic mass is 16.2. The Kier molecular flexibility index (Phi) is 3.84. The van der Waals surface area contributed by atoms with Crippen LogP contribution in [0.3, 0.4) is 0 Å². The van der Waals surface area contributed by atoms with Crippen LogP contribution >= 0.6 is 0 Å². The van der Waals surface area contributed by atoms with Crippen LogP contribution in [0.4, 0.5) is 4.79 Å². The number of carbonyl (C=O) groups is 3. The molecule has 7 heteroatoms. The van der Waals surface area contributed by atoms with E-state index in [4.69, 9.17) is 0 Å². The fourth-order valence-corrected chi connectivity index (χ4v) is 3.28. The van der Waals surface area contributed by atoms with Gasteiger partial charge in [-0.15, -0.1) is 0 Å². The molecule has 116 valence electrons. The molecule has 0 atom stereocenters. The average molecular weight is 294 g/mol. The van der Waals surface area contributed by atoms with Gasteiger partial charge in [-0.3, -0.25) is 19.4 Å². The van der Waals surface area contributed by atoms with E-state index in [9.17, 15) is 14.4 Å². The molecular weight excluding hydrogens is 272 g/mol. The van der Waals surface area contributed by atoms with Crippen molar-refractivity contribution in [2.75, 3.05) is 45.8 Å². The normalized spacial score (nSPS) is 24.7. The molecule has 3 fully saturated rings. The molecule has 3 aliphatic rings. The standard InChI is InChI=1S/C14H22N4O3/c1-2-15-7-8-18(13(20)12(15)19)14(21)17-9-11(10-17)16-5-3-4-6-16/h11H,2-10H2,1H3. The van der Waals surface area contributed by atoms with E-state index in [2.05, 4.69) is 4.90 Å². The summed E-state index contributed by atoms with van der Waals surface area (Å²) in [4.78, 5) is 42.8. The predicted octanol–water partition coefficient (Wildman–Crippen LogP) is -0.423. The van der Waals surface area contributed by atoms with Gasteiger partial charge in [0.15, 0.2) is 0 Å². The smallest absolute Gasteiger partial charge is 0.327 e. The van der Waals surface area contributed by atoms with E-state index in [-0.39, 0.29) is 6.03 Å². The van der Waals surface area contributed by atoms with Gasteiger partial charge in [0, 0.05) is 38.8 Å². The molecule has 0 aromatic rings. The minimum Gasteiger partial charge on any atom is -0.333 e. The number of urea groups is 1. The molecule has 3 heterocycles. The summed E-state index contributed by atoms with van der Waals surface area (Å²) < 4.78 is 0. The molecule has 7 nitrogen and oxygen atoms in total. The first-order chi connectivity index (χ1) is 10.1. The Hall–Kier alpha value is -1.63. The lowest BCUT2D eigenvalue weighted by Crippen LogP contribution is -2.66. The highest BCUT2D eigenvalue weighted by Crippen LogP contribution is 2.21. The largest absolute Gasteiger partial charge is 0.333 e. The number of likely N-dealkylation sites (tertiary alicyclic amines) is 2. The van der Waals surface area contributed by atoms with Crippen LogP contribution in [0.1, 0.15) is 19.8 Å². The molecular formula is C14H22N4O3. The molecule has 3 rings (SSSR count). The lowest BCUT2D eigenvalue weighted by Gasteiger charge is -2.46. The molecule has 0 spiro atoms. The van der Waals surface area contributed by atoms with Gasteiger partial charge in [-0.05, 0) is 32.9 Å². The van der Waals surface area contributed by atoms with Gasteiger partial charge in [0.1, 0.15) is 0 Å². The Balaban J connectivity index is 1.54. The maximum atomic E-state index is 12.3. The van der Waals surface area contributed by atoms with Crippen LogP contribution in [-0.4, -0.2) is 89.3 Å². The molecule has 0 aliphatic carbocycles. The summed E-state index contributed by atoms with van der Waals surface area (Å²) in [6.07, 6.45) is 2.47. The molecule has 21 heavy (non-hydrogen) atoms. The summed E-state index contributed by atoms with van der Waals surface area (Å²) in [5.74, 6) is -1.24. The van der Waals surface area contributed by atoms with Crippen molar-refractivity contribution in [1.82, 2.24) is 19.6 Å². The zero-order valence-electron chi connectivity index (χ0n) is 12.5. The number of carbonyl (C=O) groups excluding carboxylic acids is 3. The Labute approximate surface area is 124 Å². The Morgan fingerprint density at radius 3 is 2.33 bits per heavy atom. The molecule has 0 aromatic heterocycles. The van der Waals surface area contributed by atoms with Crippen molar-refractivity contribution in [2.24, 2.45) is 0 Å². The van der Waals surface area contributed by atoms with Crippen LogP contribution in [0.15, 0.2) is 0 Å². The van der Waals surface area contributed by atoms with Crippen molar-refractivity contribution in [1.29, 1.82) is 0 Å². The number of imide groups is 1. The van der Waals surface area contributed by atoms with Crippen LogP contribution in [0.2, 0.25) is 0 Å². The number of hydrogen-bond acceptors (Lipinski definition) is 4. The highest BCUT2D eigenvalue weighted by Gasteiger charge is 2.42. The monoisotopic (exact) mass is 294 g/mol. The Morgan fingerprint density at radius 1 is 1.05 bits per heavy atom. The molecule has 0 saturated carbocycles. The van der Waals surface area contributed by atoms with E-state index >= 15 is 0 Å². The van der Waals surface area contributed by atoms with Gasteiger partial charge >= 0.3 is 17.8 Å². The molecule has 0 unspecified atom stereocenters. The summed E-state index contributed by atoms with van der Waals surface area (Å²) in [5.41, 5.74) is 0. The Morgan fingerprint density at radius 2 is 1.71 bits per heavy atom. The number of amides is 4. The third kappa shape index (κ3) is 2.50. The predicted molar refractivity (Wildman–Crippen MR) is 75.5 cm³/mol. The molecule has 3 aliphatic heterocycles. The van der Waals surface area contributed by atoms with E-state index in [0.717, 1.165) is 18.0 Å². The maximum Gasteiger partial charge on any atom is 0.327 e. The first-order valence-corrected chi connectivity index (χ1v) is 7.75. The summed E-state index contributed by atoms with van der Waals surface area (Å²) in [6.45, 7) is 6.66. The zero-order chi connectivity index (χ0) is 15.0. The van der Waals surface area contributed by atoms with Gasteiger partial charge in [0.05, 0.1) is 0 Å². The fourth-order valence-electron chi connectivity index (χ4n) is 3.28. The summed E-state index contributed by atoms with van der Waals surface area (Å²) in [7, 11) is 0.